The Bertz CT molecular complexity index is 4240. The molecule has 13 aromatic rings. The average Bonchev–Trinajstić information content (AvgIpc) is 4.00. The molecular weight excluding hydrogens is 831 g/mol. The van der Waals surface area contributed by atoms with Gasteiger partial charge in [-0.2, -0.15) is 0 Å². The highest BCUT2D eigenvalue weighted by Gasteiger charge is 2.25. The number of nitrogens with one attached hydrogen (secondary N) is 1. The van der Waals surface area contributed by atoms with Gasteiger partial charge in [-0.3, -0.25) is 0 Å². The molecule has 0 spiro atoms. The van der Waals surface area contributed by atoms with Crippen LogP contribution >= 0.6 is 0 Å². The van der Waals surface area contributed by atoms with Crippen LogP contribution in [-0.4, -0.2) is 11.7 Å². The number of furan rings is 2. The highest BCUT2D eigenvalue weighted by atomic mass is 16.3. The Morgan fingerprint density at radius 1 is 0.353 bits per heavy atom. The number of hydrogen-bond donors (Lipinski definition) is 1. The minimum atomic E-state index is -0.394. The van der Waals surface area contributed by atoms with Crippen LogP contribution in [0.15, 0.2) is 243 Å². The van der Waals surface area contributed by atoms with Crippen molar-refractivity contribution in [1.82, 2.24) is 5.32 Å². The van der Waals surface area contributed by atoms with Gasteiger partial charge in [0.15, 0.2) is 5.84 Å². The van der Waals surface area contributed by atoms with E-state index in [9.17, 15) is 0 Å². The molecule has 1 N–H and O–H groups in total. The van der Waals surface area contributed by atoms with Gasteiger partial charge in [0.1, 0.15) is 34.3 Å². The van der Waals surface area contributed by atoms with Gasteiger partial charge in [0.25, 0.3) is 0 Å². The van der Waals surface area contributed by atoms with E-state index in [0.717, 1.165) is 110 Å². The van der Waals surface area contributed by atoms with Crippen LogP contribution < -0.4 is 5.32 Å². The quantitative estimate of drug-likeness (QED) is 0.169. The largest absolute Gasteiger partial charge is 0.455 e. The monoisotopic (exact) mass is 869 g/mol. The van der Waals surface area contributed by atoms with E-state index in [4.69, 9.17) is 18.8 Å². The van der Waals surface area contributed by atoms with Crippen LogP contribution in [0.5, 0.6) is 0 Å². The third kappa shape index (κ3) is 6.17. The molecule has 0 bridgehead atoms. The smallest absolute Gasteiger partial charge is 0.159 e. The zero-order chi connectivity index (χ0) is 44.7. The summed E-state index contributed by atoms with van der Waals surface area (Å²) >= 11 is 0. The molecule has 318 valence electrons. The Morgan fingerprint density at radius 2 is 0.941 bits per heavy atom. The minimum absolute atomic E-state index is 0.394. The maximum Gasteiger partial charge on any atom is 0.159 e. The van der Waals surface area contributed by atoms with E-state index >= 15 is 0 Å². The van der Waals surface area contributed by atoms with Gasteiger partial charge in [-0.25, -0.2) is 9.98 Å². The number of hydrogen-bond acceptors (Lipinski definition) is 5. The lowest BCUT2D eigenvalue weighted by atomic mass is 9.90. The zero-order valence-corrected chi connectivity index (χ0v) is 36.7. The van der Waals surface area contributed by atoms with Crippen molar-refractivity contribution in [3.63, 3.8) is 0 Å². The third-order valence-corrected chi connectivity index (χ3v) is 13.7. The lowest BCUT2D eigenvalue weighted by Gasteiger charge is -2.24. The molecule has 0 fully saturated rings. The van der Waals surface area contributed by atoms with E-state index in [2.05, 4.69) is 206 Å². The van der Waals surface area contributed by atoms with Crippen molar-refractivity contribution in [2.24, 2.45) is 9.98 Å². The predicted molar refractivity (Wildman–Crippen MR) is 282 cm³/mol. The molecule has 0 saturated carbocycles. The van der Waals surface area contributed by atoms with Crippen molar-refractivity contribution >= 4 is 87.9 Å². The standard InChI is InChI=1S/C63H39N3O2/c1-2-13-38(14-3-1)39-25-28-41(29-26-39)61-64-62(44-31-32-48-43(35-44)30-27-40-15-4-6-17-46(40)48)66-63(65-61)45-36-42-16-5-7-18-47(42)55(37-45)50-33-34-53(60-58(50)54-20-9-11-24-57(54)68-60)52-22-12-21-51-49-19-8-10-23-56(49)67-59(51)52/h1-37,61H,(H,64,65,66). The number of amidine groups is 2. The fourth-order valence-electron chi connectivity index (χ4n) is 10.4. The van der Waals surface area contributed by atoms with Crippen molar-refractivity contribution in [1.29, 1.82) is 0 Å². The zero-order valence-electron chi connectivity index (χ0n) is 36.7. The van der Waals surface area contributed by atoms with Crippen molar-refractivity contribution in [3.8, 4) is 33.4 Å². The van der Waals surface area contributed by atoms with Gasteiger partial charge in [0, 0.05) is 43.8 Å². The summed E-state index contributed by atoms with van der Waals surface area (Å²) in [7, 11) is 0. The molecule has 0 amide bonds. The number of fused-ring (bicyclic) bond motifs is 10. The Kier molecular flexibility index (Phi) is 8.58. The predicted octanol–water partition coefficient (Wildman–Crippen LogP) is 16.4. The highest BCUT2D eigenvalue weighted by molar-refractivity contribution is 6.22. The van der Waals surface area contributed by atoms with Crippen LogP contribution in [0, 0.1) is 0 Å². The van der Waals surface area contributed by atoms with Gasteiger partial charge in [0.05, 0.1) is 0 Å². The summed E-state index contributed by atoms with van der Waals surface area (Å²) in [6.45, 7) is 0. The third-order valence-electron chi connectivity index (χ3n) is 13.7. The summed E-state index contributed by atoms with van der Waals surface area (Å²) in [5, 5.41) is 15.1. The van der Waals surface area contributed by atoms with Crippen LogP contribution in [0.2, 0.25) is 0 Å². The second-order valence-electron chi connectivity index (χ2n) is 17.7. The molecule has 11 aromatic carbocycles. The first-order valence-electron chi connectivity index (χ1n) is 23.1. The number of nitrogens with zero attached hydrogens (tertiary/aromatic N) is 2. The summed E-state index contributed by atoms with van der Waals surface area (Å²) < 4.78 is 13.5. The molecule has 2 aromatic heterocycles. The number of aliphatic imine (C=N–C) groups is 2. The lowest BCUT2D eigenvalue weighted by Crippen LogP contribution is -2.33. The minimum Gasteiger partial charge on any atom is -0.455 e. The molecule has 1 atom stereocenters. The van der Waals surface area contributed by atoms with Crippen molar-refractivity contribution in [2.45, 2.75) is 6.17 Å². The van der Waals surface area contributed by atoms with E-state index in [-0.39, 0.29) is 0 Å². The molecule has 1 aliphatic heterocycles. The van der Waals surface area contributed by atoms with Crippen molar-refractivity contribution < 1.29 is 8.83 Å². The fourth-order valence-corrected chi connectivity index (χ4v) is 10.4. The number of para-hydroxylation sites is 3. The first-order valence-corrected chi connectivity index (χ1v) is 23.1. The van der Waals surface area contributed by atoms with Crippen molar-refractivity contribution in [3.05, 3.63) is 241 Å². The van der Waals surface area contributed by atoms with E-state index in [1.807, 2.05) is 24.3 Å². The topological polar surface area (TPSA) is 63.0 Å². The van der Waals surface area contributed by atoms with Crippen LogP contribution in [0.4, 0.5) is 0 Å². The lowest BCUT2D eigenvalue weighted by molar-refractivity contribution is 0.665. The normalized spacial score (nSPS) is 14.0. The summed E-state index contributed by atoms with van der Waals surface area (Å²) in [4.78, 5) is 10.8. The maximum atomic E-state index is 6.90. The van der Waals surface area contributed by atoms with E-state index in [1.165, 1.54) is 21.7 Å². The van der Waals surface area contributed by atoms with Crippen LogP contribution in [-0.2, 0) is 0 Å². The van der Waals surface area contributed by atoms with Crippen LogP contribution in [0.3, 0.4) is 0 Å². The summed E-state index contributed by atoms with van der Waals surface area (Å²) in [6, 6.07) is 79.3. The van der Waals surface area contributed by atoms with Gasteiger partial charge in [-0.1, -0.05) is 188 Å². The van der Waals surface area contributed by atoms with Gasteiger partial charge >= 0.3 is 0 Å². The van der Waals surface area contributed by atoms with E-state index in [1.54, 1.807) is 0 Å². The Balaban J connectivity index is 0.961. The number of rotatable bonds is 6. The van der Waals surface area contributed by atoms with Crippen molar-refractivity contribution in [2.75, 3.05) is 0 Å². The Morgan fingerprint density at radius 3 is 1.79 bits per heavy atom. The number of benzene rings is 11. The average molecular weight is 870 g/mol. The van der Waals surface area contributed by atoms with E-state index < -0.39 is 6.17 Å². The molecule has 3 heterocycles. The molecule has 14 rings (SSSR count). The van der Waals surface area contributed by atoms with Gasteiger partial charge in [-0.05, 0) is 96.5 Å². The van der Waals surface area contributed by atoms with Gasteiger partial charge < -0.3 is 14.2 Å². The Hall–Kier alpha value is -9.06. The van der Waals surface area contributed by atoms with Crippen LogP contribution in [0.25, 0.3) is 110 Å². The Labute approximate surface area is 391 Å². The second-order valence-corrected chi connectivity index (χ2v) is 17.7. The SMILES string of the molecule is c1ccc(-c2ccc(C3N=C(c4cc(-c5ccc(-c6cccc7c6oc6ccccc67)c6oc7ccccc7c56)c5ccccc5c4)N=C(c4ccc5c(ccc6ccccc65)c4)N3)cc2)cc1. The van der Waals surface area contributed by atoms with Gasteiger partial charge in [0.2, 0.25) is 0 Å². The van der Waals surface area contributed by atoms with Gasteiger partial charge in [-0.15, -0.1) is 0 Å². The summed E-state index contributed by atoms with van der Waals surface area (Å²) in [6.07, 6.45) is -0.394. The molecule has 0 saturated heterocycles. The highest BCUT2D eigenvalue weighted by Crippen LogP contribution is 2.46. The molecule has 68 heavy (non-hydrogen) atoms. The molecule has 0 radical (unpaired) electrons. The molecule has 1 unspecified atom stereocenters. The first-order chi connectivity index (χ1) is 33.7. The molecule has 0 aliphatic carbocycles. The molecule has 5 nitrogen and oxygen atoms in total. The summed E-state index contributed by atoms with van der Waals surface area (Å²) in [5.74, 6) is 1.42. The van der Waals surface area contributed by atoms with E-state index in [0.29, 0.717) is 5.84 Å². The molecular formula is C63H39N3O2. The second kappa shape index (κ2) is 15.3. The van der Waals surface area contributed by atoms with Crippen LogP contribution in [0.1, 0.15) is 22.9 Å². The summed E-state index contributed by atoms with van der Waals surface area (Å²) in [5.41, 5.74) is 12.7. The fraction of sp³-hybridized carbons (Fsp3) is 0.0159. The first kappa shape index (κ1) is 38.2. The molecule has 5 heteroatoms. The maximum absolute atomic E-state index is 6.90. The molecule has 1 aliphatic rings.